The molecule has 2 rings (SSSR count). The molecule has 1 aromatic carbocycles. The normalized spacial score (nSPS) is 17.6. The number of likely N-dealkylation sites (N-methyl/N-ethyl adjacent to an activating group) is 1. The summed E-state index contributed by atoms with van der Waals surface area (Å²) in [6, 6.07) is 6.53. The molecule has 1 aromatic rings. The van der Waals surface area contributed by atoms with Gasteiger partial charge >= 0.3 is 0 Å². The molecule has 1 aliphatic rings. The zero-order valence-corrected chi connectivity index (χ0v) is 12.5. The van der Waals surface area contributed by atoms with Crippen molar-refractivity contribution >= 4 is 0 Å². The third-order valence-electron chi connectivity index (χ3n) is 3.99. The summed E-state index contributed by atoms with van der Waals surface area (Å²) in [5.41, 5.74) is 2.66. The third kappa shape index (κ3) is 4.22. The van der Waals surface area contributed by atoms with Crippen LogP contribution in [0.15, 0.2) is 18.2 Å². The van der Waals surface area contributed by atoms with Crippen molar-refractivity contribution in [2.75, 3.05) is 46.9 Å². The van der Waals surface area contributed by atoms with E-state index in [1.807, 2.05) is 0 Å². The van der Waals surface area contributed by atoms with Crippen molar-refractivity contribution in [3.63, 3.8) is 0 Å². The first-order valence-corrected chi connectivity index (χ1v) is 7.23. The summed E-state index contributed by atoms with van der Waals surface area (Å²) < 4.78 is 5.30. The number of piperazine rings is 1. The molecule has 0 saturated carbocycles. The summed E-state index contributed by atoms with van der Waals surface area (Å²) >= 11 is 0. The summed E-state index contributed by atoms with van der Waals surface area (Å²) in [6.07, 6.45) is 2.41. The first-order valence-electron chi connectivity index (χ1n) is 7.23. The Hall–Kier alpha value is -1.06. The summed E-state index contributed by atoms with van der Waals surface area (Å²) in [4.78, 5) is 4.99. The second kappa shape index (κ2) is 6.92. The van der Waals surface area contributed by atoms with Crippen LogP contribution in [0.1, 0.15) is 17.5 Å². The fourth-order valence-electron chi connectivity index (χ4n) is 2.67. The maximum atomic E-state index is 5.30. The maximum absolute atomic E-state index is 5.30. The summed E-state index contributed by atoms with van der Waals surface area (Å²) in [6.45, 7) is 8.20. The van der Waals surface area contributed by atoms with Gasteiger partial charge < -0.3 is 14.5 Å². The Morgan fingerprint density at radius 3 is 2.53 bits per heavy atom. The molecule has 3 nitrogen and oxygen atoms in total. The van der Waals surface area contributed by atoms with Gasteiger partial charge in [-0.15, -0.1) is 0 Å². The lowest BCUT2D eigenvalue weighted by molar-refractivity contribution is 0.153. The van der Waals surface area contributed by atoms with Crippen molar-refractivity contribution < 1.29 is 4.74 Å². The van der Waals surface area contributed by atoms with Crippen molar-refractivity contribution in [3.8, 4) is 5.75 Å². The van der Waals surface area contributed by atoms with Gasteiger partial charge in [-0.1, -0.05) is 12.1 Å². The molecule has 0 amide bonds. The average Bonchev–Trinajstić information content (AvgIpc) is 2.41. The number of ether oxygens (including phenoxy) is 1. The average molecular weight is 262 g/mol. The first kappa shape index (κ1) is 14.4. The summed E-state index contributed by atoms with van der Waals surface area (Å²) in [5.74, 6) is 0.989. The number of hydrogen-bond donors (Lipinski definition) is 0. The summed E-state index contributed by atoms with van der Waals surface area (Å²) in [5, 5.41) is 0. The monoisotopic (exact) mass is 262 g/mol. The van der Waals surface area contributed by atoms with Crippen molar-refractivity contribution in [2.24, 2.45) is 0 Å². The van der Waals surface area contributed by atoms with Gasteiger partial charge in [-0.2, -0.15) is 0 Å². The van der Waals surface area contributed by atoms with Crippen LogP contribution in [0.4, 0.5) is 0 Å². The number of rotatable bonds is 5. The van der Waals surface area contributed by atoms with E-state index in [1.165, 1.54) is 50.3 Å². The van der Waals surface area contributed by atoms with Crippen LogP contribution in [0.25, 0.3) is 0 Å². The smallest absolute Gasteiger partial charge is 0.121 e. The Morgan fingerprint density at radius 2 is 1.89 bits per heavy atom. The minimum Gasteiger partial charge on any atom is -0.496 e. The summed E-state index contributed by atoms with van der Waals surface area (Å²) in [7, 11) is 3.94. The highest BCUT2D eigenvalue weighted by molar-refractivity contribution is 5.36. The Labute approximate surface area is 117 Å². The standard InChI is InChI=1S/C16H26N2O/c1-14-13-15(6-7-16(14)19-3)5-4-8-18-11-9-17(2)10-12-18/h6-7,13H,4-5,8-12H2,1-3H3. The zero-order chi connectivity index (χ0) is 13.7. The third-order valence-corrected chi connectivity index (χ3v) is 3.99. The molecule has 0 bridgehead atoms. The van der Waals surface area contributed by atoms with E-state index in [0.717, 1.165) is 12.2 Å². The Kier molecular flexibility index (Phi) is 5.23. The molecule has 0 radical (unpaired) electrons. The fourth-order valence-corrected chi connectivity index (χ4v) is 2.67. The molecule has 0 aromatic heterocycles. The number of hydrogen-bond acceptors (Lipinski definition) is 3. The first-order chi connectivity index (χ1) is 9.19. The zero-order valence-electron chi connectivity index (χ0n) is 12.5. The van der Waals surface area contributed by atoms with E-state index in [1.54, 1.807) is 7.11 Å². The van der Waals surface area contributed by atoms with E-state index in [4.69, 9.17) is 4.74 Å². The van der Waals surface area contributed by atoms with Crippen LogP contribution >= 0.6 is 0 Å². The van der Waals surface area contributed by atoms with Gasteiger partial charge in [0, 0.05) is 26.2 Å². The van der Waals surface area contributed by atoms with Gasteiger partial charge in [0.2, 0.25) is 0 Å². The van der Waals surface area contributed by atoms with Crippen LogP contribution in [0.3, 0.4) is 0 Å². The van der Waals surface area contributed by atoms with Crippen LogP contribution in [-0.4, -0.2) is 56.7 Å². The molecular weight excluding hydrogens is 236 g/mol. The molecule has 19 heavy (non-hydrogen) atoms. The van der Waals surface area contributed by atoms with E-state index in [2.05, 4.69) is 42.0 Å². The second-order valence-corrected chi connectivity index (χ2v) is 5.55. The predicted octanol–water partition coefficient (Wildman–Crippen LogP) is 2.18. The molecule has 1 saturated heterocycles. The van der Waals surface area contributed by atoms with E-state index in [9.17, 15) is 0 Å². The van der Waals surface area contributed by atoms with Crippen LogP contribution in [0.2, 0.25) is 0 Å². The number of aryl methyl sites for hydroxylation is 2. The quantitative estimate of drug-likeness (QED) is 0.809. The van der Waals surface area contributed by atoms with Crippen molar-refractivity contribution in [2.45, 2.75) is 19.8 Å². The molecule has 0 spiro atoms. The maximum Gasteiger partial charge on any atom is 0.121 e. The number of nitrogens with zero attached hydrogens (tertiary/aromatic N) is 2. The van der Waals surface area contributed by atoms with Gasteiger partial charge in [0.15, 0.2) is 0 Å². The Balaban J connectivity index is 1.75. The van der Waals surface area contributed by atoms with Gasteiger partial charge in [-0.05, 0) is 50.6 Å². The van der Waals surface area contributed by atoms with Crippen molar-refractivity contribution in [1.82, 2.24) is 9.80 Å². The molecule has 3 heteroatoms. The van der Waals surface area contributed by atoms with E-state index < -0.39 is 0 Å². The van der Waals surface area contributed by atoms with Gasteiger partial charge in [-0.25, -0.2) is 0 Å². The molecule has 1 heterocycles. The molecule has 1 aliphatic heterocycles. The molecular formula is C16H26N2O. The highest BCUT2D eigenvalue weighted by atomic mass is 16.5. The molecule has 106 valence electrons. The lowest BCUT2D eigenvalue weighted by Gasteiger charge is -2.32. The van der Waals surface area contributed by atoms with Crippen LogP contribution in [-0.2, 0) is 6.42 Å². The molecule has 0 aliphatic carbocycles. The molecule has 1 fully saturated rings. The SMILES string of the molecule is COc1ccc(CCCN2CCN(C)CC2)cc1C. The molecule has 0 unspecified atom stereocenters. The lowest BCUT2D eigenvalue weighted by atomic mass is 10.1. The minimum atomic E-state index is 0.989. The van der Waals surface area contributed by atoms with E-state index in [-0.39, 0.29) is 0 Å². The fraction of sp³-hybridized carbons (Fsp3) is 0.625. The van der Waals surface area contributed by atoms with E-state index in [0.29, 0.717) is 0 Å². The van der Waals surface area contributed by atoms with Crippen molar-refractivity contribution in [3.05, 3.63) is 29.3 Å². The van der Waals surface area contributed by atoms with Crippen LogP contribution < -0.4 is 4.74 Å². The second-order valence-electron chi connectivity index (χ2n) is 5.55. The van der Waals surface area contributed by atoms with Crippen LogP contribution in [0, 0.1) is 6.92 Å². The molecule has 0 atom stereocenters. The van der Waals surface area contributed by atoms with E-state index >= 15 is 0 Å². The Bertz CT molecular complexity index is 398. The van der Waals surface area contributed by atoms with Gasteiger partial charge in [0.25, 0.3) is 0 Å². The molecule has 0 N–H and O–H groups in total. The van der Waals surface area contributed by atoms with Gasteiger partial charge in [-0.3, -0.25) is 0 Å². The Morgan fingerprint density at radius 1 is 1.16 bits per heavy atom. The topological polar surface area (TPSA) is 15.7 Å². The predicted molar refractivity (Wildman–Crippen MR) is 80.0 cm³/mol. The van der Waals surface area contributed by atoms with Gasteiger partial charge in [0.1, 0.15) is 5.75 Å². The largest absolute Gasteiger partial charge is 0.496 e. The number of benzene rings is 1. The van der Waals surface area contributed by atoms with Gasteiger partial charge in [0.05, 0.1) is 7.11 Å². The van der Waals surface area contributed by atoms with Crippen LogP contribution in [0.5, 0.6) is 5.75 Å². The lowest BCUT2D eigenvalue weighted by Crippen LogP contribution is -2.44. The number of methoxy groups -OCH3 is 1. The van der Waals surface area contributed by atoms with Crippen molar-refractivity contribution in [1.29, 1.82) is 0 Å². The minimum absolute atomic E-state index is 0.989. The highest BCUT2D eigenvalue weighted by Crippen LogP contribution is 2.19. The highest BCUT2D eigenvalue weighted by Gasteiger charge is 2.12.